The molecule has 0 spiro atoms. The van der Waals surface area contributed by atoms with E-state index in [1.54, 1.807) is 42.5 Å². The van der Waals surface area contributed by atoms with Gasteiger partial charge in [-0.05, 0) is 31.0 Å². The second-order valence-electron chi connectivity index (χ2n) is 8.13. The van der Waals surface area contributed by atoms with E-state index in [0.29, 0.717) is 38.7 Å². The summed E-state index contributed by atoms with van der Waals surface area (Å²) in [6.07, 6.45) is 2.41. The second-order valence-corrected chi connectivity index (χ2v) is 8.95. The first-order valence-corrected chi connectivity index (χ1v) is 11.6. The second kappa shape index (κ2) is 10.6. The summed E-state index contributed by atoms with van der Waals surface area (Å²) < 4.78 is 6.00. The fourth-order valence-corrected chi connectivity index (χ4v) is 4.31. The topological polar surface area (TPSA) is 94.7 Å². The van der Waals surface area contributed by atoms with Crippen molar-refractivity contribution >= 4 is 39.9 Å². The maximum atomic E-state index is 12.6. The molecule has 1 aromatic heterocycles. The van der Waals surface area contributed by atoms with Crippen molar-refractivity contribution in [3.63, 3.8) is 0 Å². The van der Waals surface area contributed by atoms with E-state index in [2.05, 4.69) is 15.2 Å². The molecule has 4 rings (SSSR count). The van der Waals surface area contributed by atoms with Crippen LogP contribution in [0.5, 0.6) is 5.75 Å². The highest BCUT2D eigenvalue weighted by Gasteiger charge is 2.23. The molecule has 9 heteroatoms. The van der Waals surface area contributed by atoms with E-state index >= 15 is 0 Å². The van der Waals surface area contributed by atoms with Crippen molar-refractivity contribution in [3.05, 3.63) is 74.6 Å². The number of H-pyrrole nitrogens is 1. The summed E-state index contributed by atoms with van der Waals surface area (Å²) in [4.78, 5) is 29.3. The van der Waals surface area contributed by atoms with Crippen molar-refractivity contribution in [2.45, 2.75) is 25.0 Å². The molecule has 1 aliphatic heterocycles. The number of aromatic amines is 1. The average molecular weight is 490 g/mol. The maximum absolute atomic E-state index is 12.6. The van der Waals surface area contributed by atoms with Crippen molar-refractivity contribution in [1.82, 2.24) is 15.2 Å². The number of aliphatic hydroxyl groups excluding tert-OH is 1. The van der Waals surface area contributed by atoms with Gasteiger partial charge in [0.25, 0.3) is 11.5 Å². The van der Waals surface area contributed by atoms with Crippen LogP contribution in [-0.4, -0.2) is 59.3 Å². The Bertz CT molecular complexity index is 1190. The number of ether oxygens (including phenoxy) is 1. The SMILES string of the molecule is O=C(NC[C@H](O)CN1CCC(Oc2ccc(Cl)c(Cl)c2)CC1)c1c[nH]c(=O)c2ccccc12. The lowest BCUT2D eigenvalue weighted by Gasteiger charge is -2.33. The number of likely N-dealkylation sites (tertiary alicyclic amines) is 1. The van der Waals surface area contributed by atoms with E-state index in [1.807, 2.05) is 0 Å². The van der Waals surface area contributed by atoms with Gasteiger partial charge in [-0.15, -0.1) is 0 Å². The zero-order chi connectivity index (χ0) is 23.4. The molecule has 7 nitrogen and oxygen atoms in total. The molecule has 0 bridgehead atoms. The Labute approximate surface area is 201 Å². The number of carbonyl (C=O) groups is 1. The summed E-state index contributed by atoms with van der Waals surface area (Å²) in [5.74, 6) is 0.357. The lowest BCUT2D eigenvalue weighted by atomic mass is 10.1. The van der Waals surface area contributed by atoms with Gasteiger partial charge in [0.05, 0.1) is 21.7 Å². The summed E-state index contributed by atoms with van der Waals surface area (Å²) >= 11 is 12.0. The molecule has 174 valence electrons. The Hall–Kier alpha value is -2.58. The van der Waals surface area contributed by atoms with Crippen molar-refractivity contribution in [2.75, 3.05) is 26.2 Å². The van der Waals surface area contributed by atoms with Gasteiger partial charge < -0.3 is 25.0 Å². The maximum Gasteiger partial charge on any atom is 0.255 e. The van der Waals surface area contributed by atoms with E-state index < -0.39 is 6.10 Å². The fraction of sp³-hybridized carbons (Fsp3) is 0.333. The highest BCUT2D eigenvalue weighted by atomic mass is 35.5. The van der Waals surface area contributed by atoms with Crippen LogP contribution in [0.3, 0.4) is 0 Å². The predicted octanol–water partition coefficient (Wildman–Crippen LogP) is 3.47. The molecule has 3 N–H and O–H groups in total. The number of hydrogen-bond acceptors (Lipinski definition) is 5. The number of pyridine rings is 1. The molecule has 1 saturated heterocycles. The van der Waals surface area contributed by atoms with Gasteiger partial charge in [0.2, 0.25) is 0 Å². The number of aromatic nitrogens is 1. The molecule has 3 aromatic rings. The van der Waals surface area contributed by atoms with Crippen LogP contribution < -0.4 is 15.6 Å². The molecule has 0 saturated carbocycles. The molecular weight excluding hydrogens is 465 g/mol. The molecule has 0 aliphatic carbocycles. The standard InChI is InChI=1S/C24H25Cl2N3O4/c25-21-6-5-17(11-22(21)26)33-16-7-9-29(10-8-16)14-15(30)12-27-24(32)20-13-28-23(31)19-4-2-1-3-18(19)20/h1-6,11,13,15-16,30H,7-10,12,14H2,(H,27,32)(H,28,31)/t15-/m0/s1. The number of rotatable bonds is 7. The van der Waals surface area contributed by atoms with E-state index in [4.69, 9.17) is 27.9 Å². The molecule has 1 atom stereocenters. The number of hydrogen-bond donors (Lipinski definition) is 3. The van der Waals surface area contributed by atoms with Crippen LogP contribution in [0.1, 0.15) is 23.2 Å². The molecule has 33 heavy (non-hydrogen) atoms. The number of nitrogens with one attached hydrogen (secondary N) is 2. The molecule has 2 aromatic carbocycles. The van der Waals surface area contributed by atoms with Crippen molar-refractivity contribution < 1.29 is 14.6 Å². The average Bonchev–Trinajstić information content (AvgIpc) is 2.82. The number of halogens is 2. The first kappa shape index (κ1) is 23.6. The third-order valence-corrected chi connectivity index (χ3v) is 6.49. The molecule has 1 amide bonds. The summed E-state index contributed by atoms with van der Waals surface area (Å²) in [5.41, 5.74) is 0.131. The van der Waals surface area contributed by atoms with Gasteiger partial charge in [-0.25, -0.2) is 0 Å². The monoisotopic (exact) mass is 489 g/mol. The third-order valence-electron chi connectivity index (χ3n) is 5.75. The van der Waals surface area contributed by atoms with E-state index in [0.717, 1.165) is 25.9 Å². The molecule has 0 radical (unpaired) electrons. The number of fused-ring (bicyclic) bond motifs is 1. The number of amides is 1. The quantitative estimate of drug-likeness (QED) is 0.472. The summed E-state index contributed by atoms with van der Waals surface area (Å²) in [6, 6.07) is 12.2. The largest absolute Gasteiger partial charge is 0.490 e. The van der Waals surface area contributed by atoms with Gasteiger partial charge in [0.1, 0.15) is 11.9 Å². The smallest absolute Gasteiger partial charge is 0.255 e. The minimum Gasteiger partial charge on any atom is -0.490 e. The van der Waals surface area contributed by atoms with Crippen LogP contribution in [-0.2, 0) is 0 Å². The van der Waals surface area contributed by atoms with Crippen molar-refractivity contribution in [3.8, 4) is 5.75 Å². The van der Waals surface area contributed by atoms with Crippen LogP contribution in [0.2, 0.25) is 10.0 Å². The van der Waals surface area contributed by atoms with Crippen LogP contribution in [0, 0.1) is 0 Å². The fourth-order valence-electron chi connectivity index (χ4n) is 4.02. The van der Waals surface area contributed by atoms with E-state index in [-0.39, 0.29) is 24.1 Å². The van der Waals surface area contributed by atoms with Crippen LogP contribution in [0.4, 0.5) is 0 Å². The highest BCUT2D eigenvalue weighted by molar-refractivity contribution is 6.42. The van der Waals surface area contributed by atoms with Crippen molar-refractivity contribution in [2.24, 2.45) is 0 Å². The Morgan fingerprint density at radius 1 is 1.15 bits per heavy atom. The number of β-amino-alcohol motifs (C(OH)–C–C–N with tert-alkyl or cyclic N) is 1. The summed E-state index contributed by atoms with van der Waals surface area (Å²) in [6.45, 7) is 2.13. The van der Waals surface area contributed by atoms with Gasteiger partial charge in [-0.1, -0.05) is 41.4 Å². The molecular formula is C24H25Cl2N3O4. The number of benzene rings is 2. The van der Waals surface area contributed by atoms with E-state index in [1.165, 1.54) is 6.20 Å². The number of carbonyl (C=O) groups excluding carboxylic acids is 1. The summed E-state index contributed by atoms with van der Waals surface area (Å²) in [5, 5.41) is 15.2. The molecule has 0 unspecified atom stereocenters. The number of nitrogens with zero attached hydrogens (tertiary/aromatic N) is 1. The predicted molar refractivity (Wildman–Crippen MR) is 129 cm³/mol. The van der Waals surface area contributed by atoms with Crippen LogP contribution in [0.15, 0.2) is 53.5 Å². The van der Waals surface area contributed by atoms with E-state index in [9.17, 15) is 14.7 Å². The zero-order valence-corrected chi connectivity index (χ0v) is 19.4. The molecule has 1 fully saturated rings. The third kappa shape index (κ3) is 5.86. The summed E-state index contributed by atoms with van der Waals surface area (Å²) in [7, 11) is 0. The van der Waals surface area contributed by atoms with Gasteiger partial charge in [0.15, 0.2) is 0 Å². The highest BCUT2D eigenvalue weighted by Crippen LogP contribution is 2.28. The minimum absolute atomic E-state index is 0.0730. The number of aliphatic hydroxyl groups is 1. The zero-order valence-electron chi connectivity index (χ0n) is 17.9. The van der Waals surface area contributed by atoms with Gasteiger partial charge in [-0.3, -0.25) is 9.59 Å². The lowest BCUT2D eigenvalue weighted by molar-refractivity contribution is 0.0594. The normalized spacial score (nSPS) is 16.0. The van der Waals surface area contributed by atoms with Crippen LogP contribution in [0.25, 0.3) is 10.8 Å². The van der Waals surface area contributed by atoms with Gasteiger partial charge >= 0.3 is 0 Å². The Morgan fingerprint density at radius 2 is 1.88 bits per heavy atom. The molecule has 1 aliphatic rings. The first-order chi connectivity index (χ1) is 15.9. The van der Waals surface area contributed by atoms with Gasteiger partial charge in [0, 0.05) is 49.2 Å². The Balaban J connectivity index is 1.24. The Morgan fingerprint density at radius 3 is 2.61 bits per heavy atom. The lowest BCUT2D eigenvalue weighted by Crippen LogP contribution is -2.45. The van der Waals surface area contributed by atoms with Crippen LogP contribution >= 0.6 is 23.2 Å². The van der Waals surface area contributed by atoms with Crippen molar-refractivity contribution in [1.29, 1.82) is 0 Å². The minimum atomic E-state index is -0.712. The van der Waals surface area contributed by atoms with Gasteiger partial charge in [-0.2, -0.15) is 0 Å². The Kier molecular flexibility index (Phi) is 7.55. The first-order valence-electron chi connectivity index (χ1n) is 10.8. The number of piperidine rings is 1. The molecule has 2 heterocycles.